The van der Waals surface area contributed by atoms with Gasteiger partial charge in [0.25, 0.3) is 0 Å². The fourth-order valence-corrected chi connectivity index (χ4v) is 3.44. The second-order valence-corrected chi connectivity index (χ2v) is 7.14. The summed E-state index contributed by atoms with van der Waals surface area (Å²) in [5.74, 6) is 0. The molecule has 0 bridgehead atoms. The van der Waals surface area contributed by atoms with Gasteiger partial charge in [-0.25, -0.2) is 9.26 Å². The van der Waals surface area contributed by atoms with Gasteiger partial charge >= 0.3 is 5.69 Å². The van der Waals surface area contributed by atoms with Gasteiger partial charge in [0, 0.05) is 17.3 Å². The van der Waals surface area contributed by atoms with Crippen LogP contribution in [0.25, 0.3) is 33.2 Å². The van der Waals surface area contributed by atoms with Crippen molar-refractivity contribution in [3.63, 3.8) is 0 Å². The molecule has 0 aliphatic carbocycles. The van der Waals surface area contributed by atoms with Crippen molar-refractivity contribution in [1.82, 2.24) is 20.6 Å². The van der Waals surface area contributed by atoms with Crippen molar-refractivity contribution >= 4 is 39.1 Å². The first-order chi connectivity index (χ1) is 16.7. The predicted octanol–water partition coefficient (Wildman–Crippen LogP) is 5.76. The summed E-state index contributed by atoms with van der Waals surface area (Å²) in [6, 6.07) is 28.2. The number of nitro groups is 1. The van der Waals surface area contributed by atoms with Crippen molar-refractivity contribution in [3.05, 3.63) is 101 Å². The number of hydrogen-bond acceptors (Lipinski definition) is 9. The van der Waals surface area contributed by atoms with Crippen molar-refractivity contribution < 1.29 is 14.2 Å². The van der Waals surface area contributed by atoms with Crippen molar-refractivity contribution in [1.29, 1.82) is 0 Å². The van der Waals surface area contributed by atoms with E-state index in [1.54, 1.807) is 6.07 Å². The maximum atomic E-state index is 11.1. The Balaban J connectivity index is 0.000000222. The van der Waals surface area contributed by atoms with Gasteiger partial charge in [0.2, 0.25) is 5.52 Å². The average Bonchev–Trinajstić information content (AvgIpc) is 3.55. The van der Waals surface area contributed by atoms with Crippen LogP contribution in [0.15, 0.2) is 100 Å². The van der Waals surface area contributed by atoms with Crippen LogP contribution in [0.1, 0.15) is 0 Å². The third-order valence-corrected chi connectivity index (χ3v) is 5.03. The van der Waals surface area contributed by atoms with Crippen LogP contribution >= 0.6 is 0 Å². The zero-order valence-corrected chi connectivity index (χ0v) is 17.5. The van der Waals surface area contributed by atoms with Gasteiger partial charge in [-0.05, 0) is 50.5 Å². The van der Waals surface area contributed by atoms with Crippen LogP contribution in [0, 0.1) is 10.1 Å². The molecule has 2 heterocycles. The highest BCUT2D eigenvalue weighted by Gasteiger charge is 2.20. The fraction of sp³-hybridized carbons (Fsp3) is 0. The second-order valence-electron chi connectivity index (χ2n) is 7.14. The van der Waals surface area contributed by atoms with Crippen molar-refractivity contribution in [2.75, 3.05) is 5.32 Å². The van der Waals surface area contributed by atoms with E-state index in [1.165, 1.54) is 6.07 Å². The Kier molecular flexibility index (Phi) is 5.60. The highest BCUT2D eigenvalue weighted by molar-refractivity contribution is 5.96. The Labute approximate surface area is 191 Å². The Morgan fingerprint density at radius 1 is 0.647 bits per heavy atom. The van der Waals surface area contributed by atoms with Crippen LogP contribution in [0.3, 0.4) is 0 Å². The summed E-state index contributed by atoms with van der Waals surface area (Å²) in [7, 11) is 0. The molecule has 0 spiro atoms. The van der Waals surface area contributed by atoms with Crippen molar-refractivity contribution in [2.24, 2.45) is 0 Å². The molecule has 4 aromatic carbocycles. The molecule has 1 N–H and O–H groups in total. The lowest BCUT2D eigenvalue weighted by molar-refractivity contribution is -0.383. The van der Waals surface area contributed by atoms with Crippen LogP contribution in [0.4, 0.5) is 17.1 Å². The predicted molar refractivity (Wildman–Crippen MR) is 125 cm³/mol. The van der Waals surface area contributed by atoms with E-state index in [0.29, 0.717) is 11.2 Å². The summed E-state index contributed by atoms with van der Waals surface area (Å²) in [4.78, 5) is 10.6. The minimum Gasteiger partial charge on any atom is -0.353 e. The van der Waals surface area contributed by atoms with Crippen LogP contribution in [0.5, 0.6) is 0 Å². The van der Waals surface area contributed by atoms with E-state index in [-0.39, 0.29) is 11.2 Å². The summed E-state index contributed by atoms with van der Waals surface area (Å²) in [5, 5.41) is 29.1. The first-order valence-corrected chi connectivity index (χ1v) is 10.2. The molecule has 6 aromatic rings. The zero-order chi connectivity index (χ0) is 23.3. The number of hydrogen-bond donors (Lipinski definition) is 1. The molecule has 0 unspecified atom stereocenters. The molecule has 0 saturated carbocycles. The standard InChI is InChI=1S/C18H12N4O3.C6H4N2O/c23-22(24)16-11-10-15(17-18(16)21-25-20-17)19-14-9-5-4-8-13(14)12-6-2-1-3-7-12;1-2-4-6-5(3-1)7-9-8-6/h1-11,19H;1-4H. The molecule has 0 radical (unpaired) electrons. The number of benzene rings is 4. The highest BCUT2D eigenvalue weighted by Crippen LogP contribution is 2.34. The number of non-ortho nitro benzene ring substituents is 1. The smallest absolute Gasteiger partial charge is 0.300 e. The number of rotatable bonds is 4. The minimum atomic E-state index is -0.506. The Hall–Kier alpha value is -5.12. The highest BCUT2D eigenvalue weighted by atomic mass is 16.6. The molecule has 6 rings (SSSR count). The summed E-state index contributed by atoms with van der Waals surface area (Å²) in [6.45, 7) is 0. The van der Waals surface area contributed by atoms with Gasteiger partial charge in [-0.2, -0.15) is 0 Å². The van der Waals surface area contributed by atoms with Crippen molar-refractivity contribution in [2.45, 2.75) is 0 Å². The normalized spacial score (nSPS) is 10.6. The summed E-state index contributed by atoms with van der Waals surface area (Å²) in [6.07, 6.45) is 0. The lowest BCUT2D eigenvalue weighted by Crippen LogP contribution is -1.96. The molecule has 0 aliphatic heterocycles. The molecule has 34 heavy (non-hydrogen) atoms. The lowest BCUT2D eigenvalue weighted by Gasteiger charge is -2.12. The molecule has 10 nitrogen and oxygen atoms in total. The number of anilines is 2. The monoisotopic (exact) mass is 452 g/mol. The van der Waals surface area contributed by atoms with Crippen LogP contribution < -0.4 is 5.32 Å². The van der Waals surface area contributed by atoms with Gasteiger partial charge in [-0.1, -0.05) is 60.7 Å². The van der Waals surface area contributed by atoms with E-state index in [0.717, 1.165) is 27.8 Å². The van der Waals surface area contributed by atoms with E-state index in [1.807, 2.05) is 78.9 Å². The van der Waals surface area contributed by atoms with Gasteiger partial charge in [-0.15, -0.1) is 0 Å². The molecule has 0 aliphatic rings. The Morgan fingerprint density at radius 2 is 1.26 bits per heavy atom. The molecule has 10 heteroatoms. The lowest BCUT2D eigenvalue weighted by atomic mass is 10.0. The van der Waals surface area contributed by atoms with Crippen LogP contribution in [-0.4, -0.2) is 25.5 Å². The van der Waals surface area contributed by atoms with Crippen molar-refractivity contribution in [3.8, 4) is 11.1 Å². The Bertz CT molecular complexity index is 1550. The van der Waals surface area contributed by atoms with Crippen LogP contribution in [-0.2, 0) is 0 Å². The van der Waals surface area contributed by atoms with Gasteiger partial charge in [0.1, 0.15) is 11.0 Å². The van der Waals surface area contributed by atoms with E-state index in [2.05, 4.69) is 30.6 Å². The quantitative estimate of drug-likeness (QED) is 0.261. The zero-order valence-electron chi connectivity index (χ0n) is 17.5. The largest absolute Gasteiger partial charge is 0.353 e. The molecule has 0 atom stereocenters. The van der Waals surface area contributed by atoms with E-state index >= 15 is 0 Å². The molecule has 0 amide bonds. The first-order valence-electron chi connectivity index (χ1n) is 10.2. The summed E-state index contributed by atoms with van der Waals surface area (Å²) in [5.41, 5.74) is 5.41. The number of para-hydroxylation sites is 1. The number of aromatic nitrogens is 4. The SMILES string of the molecule is O=[N+]([O-])c1ccc(Nc2ccccc2-c2ccccc2)c2nonc12.c1ccc2nonc2c1. The molecule has 2 aromatic heterocycles. The third kappa shape index (κ3) is 4.15. The van der Waals surface area contributed by atoms with E-state index in [4.69, 9.17) is 4.63 Å². The first kappa shape index (κ1) is 20.8. The molecular formula is C24H16N6O4. The number of nitrogens with one attached hydrogen (secondary N) is 1. The fourth-order valence-electron chi connectivity index (χ4n) is 3.44. The van der Waals surface area contributed by atoms with Gasteiger partial charge in [0.05, 0.1) is 10.6 Å². The molecule has 0 saturated heterocycles. The van der Waals surface area contributed by atoms with Crippen LogP contribution in [0.2, 0.25) is 0 Å². The number of nitro benzene ring substituents is 1. The topological polar surface area (TPSA) is 133 Å². The van der Waals surface area contributed by atoms with Gasteiger partial charge < -0.3 is 5.32 Å². The summed E-state index contributed by atoms with van der Waals surface area (Å²) >= 11 is 0. The summed E-state index contributed by atoms with van der Waals surface area (Å²) < 4.78 is 9.17. The Morgan fingerprint density at radius 3 is 2.00 bits per heavy atom. The second kappa shape index (κ2) is 9.17. The maximum absolute atomic E-state index is 11.1. The minimum absolute atomic E-state index is 0.118. The molecule has 166 valence electrons. The molecule has 0 fully saturated rings. The van der Waals surface area contributed by atoms with Gasteiger partial charge in [-0.3, -0.25) is 10.1 Å². The third-order valence-electron chi connectivity index (χ3n) is 5.03. The maximum Gasteiger partial charge on any atom is 0.300 e. The molecular weight excluding hydrogens is 436 g/mol. The average molecular weight is 452 g/mol. The van der Waals surface area contributed by atoms with Gasteiger partial charge in [0.15, 0.2) is 5.52 Å². The van der Waals surface area contributed by atoms with E-state index < -0.39 is 4.92 Å². The number of nitrogens with zero attached hydrogens (tertiary/aromatic N) is 5. The van der Waals surface area contributed by atoms with E-state index in [9.17, 15) is 10.1 Å². The number of fused-ring (bicyclic) bond motifs is 2.